The first-order valence-corrected chi connectivity index (χ1v) is 6.50. The van der Waals surface area contributed by atoms with Gasteiger partial charge < -0.3 is 15.1 Å². The van der Waals surface area contributed by atoms with Gasteiger partial charge in [0.25, 0.3) is 5.91 Å². The number of hydrazine groups is 1. The van der Waals surface area contributed by atoms with Gasteiger partial charge in [0, 0.05) is 12.7 Å². The van der Waals surface area contributed by atoms with Crippen LogP contribution in [-0.4, -0.2) is 25.0 Å². The van der Waals surface area contributed by atoms with Gasteiger partial charge in [-0.2, -0.15) is 0 Å². The second-order valence-electron chi connectivity index (χ2n) is 4.23. The number of nitrogens with two attached hydrogens (primary N) is 1. The summed E-state index contributed by atoms with van der Waals surface area (Å²) in [6.45, 7) is 0. The molecule has 21 heavy (non-hydrogen) atoms. The van der Waals surface area contributed by atoms with Crippen molar-refractivity contribution in [3.63, 3.8) is 0 Å². The SMILES string of the molecule is COc1ccc(N(C)C(=O)c2nc(NN)ccc2Cl)cc1. The van der Waals surface area contributed by atoms with Crippen LogP contribution < -0.4 is 20.9 Å². The van der Waals surface area contributed by atoms with Crippen molar-refractivity contribution in [1.29, 1.82) is 0 Å². The van der Waals surface area contributed by atoms with Crippen molar-refractivity contribution in [3.05, 3.63) is 47.1 Å². The van der Waals surface area contributed by atoms with Crippen LogP contribution in [0.1, 0.15) is 10.5 Å². The van der Waals surface area contributed by atoms with Crippen molar-refractivity contribution in [1.82, 2.24) is 4.98 Å². The van der Waals surface area contributed by atoms with E-state index in [0.29, 0.717) is 17.3 Å². The van der Waals surface area contributed by atoms with Crippen molar-refractivity contribution in [2.45, 2.75) is 0 Å². The highest BCUT2D eigenvalue weighted by Gasteiger charge is 2.18. The van der Waals surface area contributed by atoms with E-state index in [1.165, 1.54) is 4.90 Å². The standard InChI is InChI=1S/C14H15ClN4O2/c1-19(9-3-5-10(21-2)6-4-9)14(20)13-11(15)7-8-12(17-13)18-16/h3-8H,16H2,1-2H3,(H,17,18). The van der Waals surface area contributed by atoms with Crippen LogP contribution >= 0.6 is 11.6 Å². The number of hydrogen-bond donors (Lipinski definition) is 2. The molecule has 1 amide bonds. The second kappa shape index (κ2) is 6.43. The minimum Gasteiger partial charge on any atom is -0.497 e. The Balaban J connectivity index is 2.29. The highest BCUT2D eigenvalue weighted by Crippen LogP contribution is 2.22. The first-order chi connectivity index (χ1) is 10.1. The molecule has 0 spiro atoms. The van der Waals surface area contributed by atoms with E-state index >= 15 is 0 Å². The number of halogens is 1. The fourth-order valence-corrected chi connectivity index (χ4v) is 1.94. The lowest BCUT2D eigenvalue weighted by atomic mass is 10.2. The number of methoxy groups -OCH3 is 1. The van der Waals surface area contributed by atoms with Crippen LogP contribution in [0.15, 0.2) is 36.4 Å². The molecule has 2 aromatic rings. The topological polar surface area (TPSA) is 80.5 Å². The van der Waals surface area contributed by atoms with Gasteiger partial charge in [-0.05, 0) is 36.4 Å². The van der Waals surface area contributed by atoms with Gasteiger partial charge in [-0.15, -0.1) is 0 Å². The summed E-state index contributed by atoms with van der Waals surface area (Å²) in [6.07, 6.45) is 0. The van der Waals surface area contributed by atoms with Gasteiger partial charge in [0.15, 0.2) is 0 Å². The van der Waals surface area contributed by atoms with Crippen LogP contribution in [0.3, 0.4) is 0 Å². The number of amides is 1. The average Bonchev–Trinajstić information content (AvgIpc) is 2.54. The van der Waals surface area contributed by atoms with Gasteiger partial charge in [-0.3, -0.25) is 4.79 Å². The molecule has 3 N–H and O–H groups in total. The summed E-state index contributed by atoms with van der Waals surface area (Å²) < 4.78 is 5.08. The second-order valence-corrected chi connectivity index (χ2v) is 4.64. The van der Waals surface area contributed by atoms with E-state index in [1.54, 1.807) is 50.6 Å². The molecule has 0 fully saturated rings. The number of benzene rings is 1. The number of nitrogens with one attached hydrogen (secondary N) is 1. The molecule has 0 aliphatic heterocycles. The highest BCUT2D eigenvalue weighted by atomic mass is 35.5. The fourth-order valence-electron chi connectivity index (χ4n) is 1.75. The number of anilines is 2. The third-order valence-corrected chi connectivity index (χ3v) is 3.27. The maximum absolute atomic E-state index is 12.5. The number of rotatable bonds is 4. The van der Waals surface area contributed by atoms with Gasteiger partial charge in [0.2, 0.25) is 0 Å². The lowest BCUT2D eigenvalue weighted by molar-refractivity contribution is 0.0988. The first-order valence-electron chi connectivity index (χ1n) is 6.12. The number of pyridine rings is 1. The summed E-state index contributed by atoms with van der Waals surface area (Å²) >= 11 is 6.03. The predicted molar refractivity (Wildman–Crippen MR) is 82.8 cm³/mol. The van der Waals surface area contributed by atoms with E-state index < -0.39 is 0 Å². The Bertz CT molecular complexity index is 646. The number of hydrogen-bond acceptors (Lipinski definition) is 5. The normalized spacial score (nSPS) is 10.1. The Morgan fingerprint density at radius 3 is 2.52 bits per heavy atom. The average molecular weight is 307 g/mol. The molecule has 0 aliphatic carbocycles. The first kappa shape index (κ1) is 15.1. The monoisotopic (exact) mass is 306 g/mol. The van der Waals surface area contributed by atoms with Crippen LogP contribution in [0, 0.1) is 0 Å². The third-order valence-electron chi connectivity index (χ3n) is 2.96. The van der Waals surface area contributed by atoms with E-state index in [2.05, 4.69) is 10.4 Å². The Labute approximate surface area is 127 Å². The number of nitrogen functional groups attached to an aromatic ring is 1. The Hall–Kier alpha value is -2.31. The Morgan fingerprint density at radius 1 is 1.29 bits per heavy atom. The fraction of sp³-hybridized carbons (Fsp3) is 0.143. The van der Waals surface area contributed by atoms with E-state index in [9.17, 15) is 4.79 Å². The van der Waals surface area contributed by atoms with Crippen LogP contribution in [0.2, 0.25) is 5.02 Å². The molecule has 0 atom stereocenters. The van der Waals surface area contributed by atoms with Gasteiger partial charge in [0.05, 0.1) is 12.1 Å². The molecule has 0 radical (unpaired) electrons. The van der Waals surface area contributed by atoms with E-state index in [-0.39, 0.29) is 16.6 Å². The van der Waals surface area contributed by atoms with Crippen LogP contribution in [0.25, 0.3) is 0 Å². The van der Waals surface area contributed by atoms with Crippen molar-refractivity contribution < 1.29 is 9.53 Å². The third kappa shape index (κ3) is 3.24. The van der Waals surface area contributed by atoms with Crippen molar-refractivity contribution in [2.24, 2.45) is 5.84 Å². The van der Waals surface area contributed by atoms with Crippen LogP contribution in [0.4, 0.5) is 11.5 Å². The molecule has 1 aromatic heterocycles. The number of nitrogens with zero attached hydrogens (tertiary/aromatic N) is 2. The summed E-state index contributed by atoms with van der Waals surface area (Å²) in [4.78, 5) is 18.0. The maximum atomic E-state index is 12.5. The van der Waals surface area contributed by atoms with Gasteiger partial charge in [-0.1, -0.05) is 11.6 Å². The molecular formula is C14H15ClN4O2. The zero-order valence-electron chi connectivity index (χ0n) is 11.6. The lowest BCUT2D eigenvalue weighted by Gasteiger charge is -2.18. The van der Waals surface area contributed by atoms with Crippen molar-refractivity contribution >= 4 is 29.0 Å². The van der Waals surface area contributed by atoms with Gasteiger partial charge >= 0.3 is 0 Å². The van der Waals surface area contributed by atoms with Crippen LogP contribution in [0.5, 0.6) is 5.75 Å². The van der Waals surface area contributed by atoms with E-state index in [4.69, 9.17) is 22.2 Å². The summed E-state index contributed by atoms with van der Waals surface area (Å²) in [7, 11) is 3.23. The largest absolute Gasteiger partial charge is 0.497 e. The van der Waals surface area contributed by atoms with Gasteiger partial charge in [-0.25, -0.2) is 10.8 Å². The molecule has 110 valence electrons. The van der Waals surface area contributed by atoms with Gasteiger partial charge in [0.1, 0.15) is 17.3 Å². The van der Waals surface area contributed by atoms with Crippen LogP contribution in [-0.2, 0) is 0 Å². The predicted octanol–water partition coefficient (Wildman–Crippen LogP) is 2.31. The summed E-state index contributed by atoms with van der Waals surface area (Å²) in [6, 6.07) is 10.2. The highest BCUT2D eigenvalue weighted by molar-refractivity contribution is 6.34. The summed E-state index contributed by atoms with van der Waals surface area (Å²) in [5.74, 6) is 6.04. The molecule has 0 bridgehead atoms. The van der Waals surface area contributed by atoms with E-state index in [0.717, 1.165) is 0 Å². The van der Waals surface area contributed by atoms with E-state index in [1.807, 2.05) is 0 Å². The molecule has 1 aromatic carbocycles. The Morgan fingerprint density at radius 2 is 1.95 bits per heavy atom. The summed E-state index contributed by atoms with van der Waals surface area (Å²) in [5.41, 5.74) is 3.22. The smallest absolute Gasteiger partial charge is 0.278 e. The number of ether oxygens (including phenoxy) is 1. The molecule has 0 aliphatic rings. The quantitative estimate of drug-likeness (QED) is 0.669. The number of aromatic nitrogens is 1. The molecule has 0 saturated heterocycles. The molecule has 0 saturated carbocycles. The number of carbonyl (C=O) groups is 1. The van der Waals surface area contributed by atoms with Crippen molar-refractivity contribution in [3.8, 4) is 5.75 Å². The zero-order valence-corrected chi connectivity index (χ0v) is 12.4. The zero-order chi connectivity index (χ0) is 15.4. The molecule has 1 heterocycles. The van der Waals surface area contributed by atoms with Crippen molar-refractivity contribution in [2.75, 3.05) is 24.5 Å². The minimum absolute atomic E-state index is 0.130. The minimum atomic E-state index is -0.331. The summed E-state index contributed by atoms with van der Waals surface area (Å²) in [5, 5.41) is 0.263. The maximum Gasteiger partial charge on any atom is 0.278 e. The molecule has 2 rings (SSSR count). The number of carbonyl (C=O) groups excluding carboxylic acids is 1. The lowest BCUT2D eigenvalue weighted by Crippen LogP contribution is -2.27. The molecule has 6 nitrogen and oxygen atoms in total. The molecule has 7 heteroatoms. The molecule has 0 unspecified atom stereocenters. The Kier molecular flexibility index (Phi) is 4.62. The molecular weight excluding hydrogens is 292 g/mol.